The Morgan fingerprint density at radius 2 is 1.61 bits per heavy atom. The number of aryl methyl sites for hydroxylation is 1. The molecule has 190 valence electrons. The number of unbranched alkanes of at least 4 members (excludes halogenated alkanes) is 1. The largest absolute Gasteiger partial charge is 0.354 e. The van der Waals surface area contributed by atoms with E-state index < -0.39 is 6.04 Å². The Morgan fingerprint density at radius 3 is 2.25 bits per heavy atom. The van der Waals surface area contributed by atoms with Crippen LogP contribution in [0.25, 0.3) is 0 Å². The lowest BCUT2D eigenvalue weighted by Crippen LogP contribution is -2.51. The average molecular weight is 544 g/mol. The molecule has 0 aromatic heterocycles. The summed E-state index contributed by atoms with van der Waals surface area (Å²) < 4.78 is 0. The number of nitrogens with one attached hydrogen (secondary N) is 1. The molecule has 3 aromatic carbocycles. The molecule has 3 aromatic rings. The van der Waals surface area contributed by atoms with Crippen LogP contribution in [0.2, 0.25) is 10.0 Å². The summed E-state index contributed by atoms with van der Waals surface area (Å²) in [4.78, 5) is 29.8. The maximum atomic E-state index is 13.7. The van der Waals surface area contributed by atoms with Crippen LogP contribution in [0.4, 0.5) is 0 Å². The predicted octanol–water partition coefficient (Wildman–Crippen LogP) is 6.95. The van der Waals surface area contributed by atoms with Crippen molar-refractivity contribution in [3.8, 4) is 0 Å². The Labute approximate surface area is 228 Å². The highest BCUT2D eigenvalue weighted by molar-refractivity contribution is 8.00. The van der Waals surface area contributed by atoms with Gasteiger partial charge in [0, 0.05) is 40.0 Å². The molecule has 0 saturated heterocycles. The molecule has 0 aliphatic carbocycles. The number of halogens is 2. The molecular weight excluding hydrogens is 511 g/mol. The maximum Gasteiger partial charge on any atom is 0.243 e. The molecule has 1 atom stereocenters. The number of nitrogens with zero attached hydrogens (tertiary/aromatic N) is 1. The molecule has 36 heavy (non-hydrogen) atoms. The number of carbonyl (C=O) groups is 2. The highest BCUT2D eigenvalue weighted by Gasteiger charge is 2.31. The van der Waals surface area contributed by atoms with Gasteiger partial charge in [0.05, 0.1) is 5.75 Å². The van der Waals surface area contributed by atoms with Gasteiger partial charge < -0.3 is 10.2 Å². The van der Waals surface area contributed by atoms with Crippen molar-refractivity contribution in [2.45, 2.75) is 50.6 Å². The molecule has 0 saturated carbocycles. The van der Waals surface area contributed by atoms with Gasteiger partial charge in [-0.05, 0) is 43.2 Å². The summed E-state index contributed by atoms with van der Waals surface area (Å²) in [6.07, 6.45) is 2.23. The summed E-state index contributed by atoms with van der Waals surface area (Å²) in [6, 6.07) is 22.4. The normalized spacial score (nSPS) is 11.7. The zero-order chi connectivity index (χ0) is 25.9. The van der Waals surface area contributed by atoms with Crippen LogP contribution in [0.5, 0.6) is 0 Å². The topological polar surface area (TPSA) is 49.4 Å². The number of carbonyl (C=O) groups excluding carboxylic acids is 2. The van der Waals surface area contributed by atoms with E-state index in [0.717, 1.165) is 28.9 Å². The predicted molar refractivity (Wildman–Crippen MR) is 151 cm³/mol. The number of thioether (sulfide) groups is 1. The molecule has 1 unspecified atom stereocenters. The fourth-order valence-electron chi connectivity index (χ4n) is 3.78. The van der Waals surface area contributed by atoms with Gasteiger partial charge >= 0.3 is 0 Å². The summed E-state index contributed by atoms with van der Waals surface area (Å²) >= 11 is 14.4. The highest BCUT2D eigenvalue weighted by atomic mass is 35.5. The molecule has 0 heterocycles. The van der Waals surface area contributed by atoms with Gasteiger partial charge in [-0.1, -0.05) is 90.6 Å². The van der Waals surface area contributed by atoms with Crippen molar-refractivity contribution in [2.24, 2.45) is 0 Å². The van der Waals surface area contributed by atoms with Crippen LogP contribution in [0.3, 0.4) is 0 Å². The van der Waals surface area contributed by atoms with Gasteiger partial charge in [-0.25, -0.2) is 0 Å². The minimum atomic E-state index is -0.706. The van der Waals surface area contributed by atoms with Crippen molar-refractivity contribution in [2.75, 3.05) is 12.3 Å². The zero-order valence-corrected chi connectivity index (χ0v) is 23.0. The summed E-state index contributed by atoms with van der Waals surface area (Å²) in [5.41, 5.74) is 2.77. The second-order valence-corrected chi connectivity index (χ2v) is 10.5. The van der Waals surface area contributed by atoms with E-state index in [1.165, 1.54) is 11.8 Å². The van der Waals surface area contributed by atoms with Crippen LogP contribution in [-0.4, -0.2) is 35.1 Å². The van der Waals surface area contributed by atoms with Crippen molar-refractivity contribution >= 4 is 46.8 Å². The maximum absolute atomic E-state index is 13.7. The third kappa shape index (κ3) is 8.29. The van der Waals surface area contributed by atoms with Gasteiger partial charge in [-0.3, -0.25) is 9.59 Å². The molecule has 2 amide bonds. The third-order valence-electron chi connectivity index (χ3n) is 5.87. The second-order valence-electron chi connectivity index (χ2n) is 8.67. The Bertz CT molecular complexity index is 1120. The Hall–Kier alpha value is -2.47. The first-order chi connectivity index (χ1) is 17.4. The smallest absolute Gasteiger partial charge is 0.243 e. The average Bonchev–Trinajstić information content (AvgIpc) is 2.88. The van der Waals surface area contributed by atoms with Gasteiger partial charge in [0.15, 0.2) is 0 Å². The number of benzene rings is 3. The lowest BCUT2D eigenvalue weighted by Gasteiger charge is -2.32. The SMILES string of the molecule is CCCCNC(=O)C(Cc1ccccc1)N(Cc1c(Cl)cccc1Cl)C(=O)CSc1ccc(C)cc1. The lowest BCUT2D eigenvalue weighted by molar-refractivity contribution is -0.139. The molecule has 0 spiro atoms. The molecule has 1 N–H and O–H groups in total. The van der Waals surface area contributed by atoms with E-state index in [1.54, 1.807) is 23.1 Å². The van der Waals surface area contributed by atoms with Gasteiger partial charge in [-0.15, -0.1) is 11.8 Å². The minimum absolute atomic E-state index is 0.143. The van der Waals surface area contributed by atoms with E-state index in [2.05, 4.69) is 12.2 Å². The summed E-state index contributed by atoms with van der Waals surface area (Å²) in [5.74, 6) is -0.133. The van der Waals surface area contributed by atoms with Crippen molar-refractivity contribution in [3.05, 3.63) is 99.5 Å². The summed E-state index contributed by atoms with van der Waals surface area (Å²) in [7, 11) is 0. The Balaban J connectivity index is 1.92. The number of hydrogen-bond donors (Lipinski definition) is 1. The number of hydrogen-bond acceptors (Lipinski definition) is 3. The van der Waals surface area contributed by atoms with Crippen LogP contribution in [0.15, 0.2) is 77.7 Å². The van der Waals surface area contributed by atoms with E-state index >= 15 is 0 Å². The molecule has 4 nitrogen and oxygen atoms in total. The van der Waals surface area contributed by atoms with E-state index in [9.17, 15) is 9.59 Å². The fourth-order valence-corrected chi connectivity index (χ4v) is 5.08. The van der Waals surface area contributed by atoms with Crippen molar-refractivity contribution in [1.82, 2.24) is 10.2 Å². The molecule has 3 rings (SSSR count). The van der Waals surface area contributed by atoms with Gasteiger partial charge in [0.25, 0.3) is 0 Å². The Kier molecular flexibility index (Phi) is 11.2. The van der Waals surface area contributed by atoms with Crippen molar-refractivity contribution in [1.29, 1.82) is 0 Å². The standard InChI is InChI=1S/C29H32Cl2N2O2S/c1-3-4-17-32-29(35)27(18-22-9-6-5-7-10-22)33(19-24-25(30)11-8-12-26(24)31)28(34)20-36-23-15-13-21(2)14-16-23/h5-16,27H,3-4,17-20H2,1-2H3,(H,32,35). The molecule has 0 aliphatic rings. The van der Waals surface area contributed by atoms with E-state index in [0.29, 0.717) is 28.6 Å². The van der Waals surface area contributed by atoms with Gasteiger partial charge in [-0.2, -0.15) is 0 Å². The second kappa shape index (κ2) is 14.3. The fraction of sp³-hybridized carbons (Fsp3) is 0.310. The molecule has 0 radical (unpaired) electrons. The first-order valence-electron chi connectivity index (χ1n) is 12.1. The first kappa shape index (κ1) is 28.1. The molecular formula is C29H32Cl2N2O2S. The van der Waals surface area contributed by atoms with Crippen molar-refractivity contribution < 1.29 is 9.59 Å². The monoisotopic (exact) mass is 542 g/mol. The third-order valence-corrected chi connectivity index (χ3v) is 7.58. The van der Waals surface area contributed by atoms with Crippen LogP contribution in [0.1, 0.15) is 36.5 Å². The number of amides is 2. The minimum Gasteiger partial charge on any atom is -0.354 e. The van der Waals surface area contributed by atoms with Crippen LogP contribution in [0, 0.1) is 6.92 Å². The van der Waals surface area contributed by atoms with Gasteiger partial charge in [0.1, 0.15) is 6.04 Å². The molecule has 7 heteroatoms. The van der Waals surface area contributed by atoms with E-state index in [-0.39, 0.29) is 24.1 Å². The molecule has 0 aliphatic heterocycles. The van der Waals surface area contributed by atoms with E-state index in [4.69, 9.17) is 23.2 Å². The zero-order valence-electron chi connectivity index (χ0n) is 20.7. The highest BCUT2D eigenvalue weighted by Crippen LogP contribution is 2.28. The first-order valence-corrected chi connectivity index (χ1v) is 13.9. The van der Waals surface area contributed by atoms with Crippen molar-refractivity contribution in [3.63, 3.8) is 0 Å². The summed E-state index contributed by atoms with van der Waals surface area (Å²) in [6.45, 7) is 4.81. The Morgan fingerprint density at radius 1 is 0.944 bits per heavy atom. The van der Waals surface area contributed by atoms with Crippen LogP contribution in [-0.2, 0) is 22.6 Å². The lowest BCUT2D eigenvalue weighted by atomic mass is 10.0. The molecule has 0 bridgehead atoms. The quantitative estimate of drug-likeness (QED) is 0.199. The van der Waals surface area contributed by atoms with Gasteiger partial charge in [0.2, 0.25) is 11.8 Å². The van der Waals surface area contributed by atoms with E-state index in [1.807, 2.05) is 61.5 Å². The molecule has 0 fully saturated rings. The summed E-state index contributed by atoms with van der Waals surface area (Å²) in [5, 5.41) is 3.97. The van der Waals surface area contributed by atoms with Crippen LogP contribution < -0.4 is 5.32 Å². The van der Waals surface area contributed by atoms with Crippen LogP contribution >= 0.6 is 35.0 Å². The number of rotatable bonds is 12.